The fourth-order valence-corrected chi connectivity index (χ4v) is 2.95. The Morgan fingerprint density at radius 3 is 1.96 bits per heavy atom. The number of aryl methyl sites for hydroxylation is 1. The molecule has 4 aromatic rings. The van der Waals surface area contributed by atoms with Crippen molar-refractivity contribution in [2.24, 2.45) is 0 Å². The first-order valence-electron chi connectivity index (χ1n) is 9.01. The van der Waals surface area contributed by atoms with Crippen molar-refractivity contribution in [3.63, 3.8) is 0 Å². The first-order valence-corrected chi connectivity index (χ1v) is 9.01. The molecule has 28 heavy (non-hydrogen) atoms. The van der Waals surface area contributed by atoms with Gasteiger partial charge in [0.1, 0.15) is 11.6 Å². The van der Waals surface area contributed by atoms with Gasteiger partial charge in [0.25, 0.3) is 0 Å². The Kier molecular flexibility index (Phi) is 4.81. The van der Waals surface area contributed by atoms with Gasteiger partial charge in [0.2, 0.25) is 0 Å². The van der Waals surface area contributed by atoms with E-state index >= 15 is 0 Å². The van der Waals surface area contributed by atoms with Crippen LogP contribution in [0.4, 0.5) is 11.5 Å². The second kappa shape index (κ2) is 7.73. The minimum absolute atomic E-state index is 0.423. The van der Waals surface area contributed by atoms with Crippen LogP contribution < -0.4 is 5.32 Å². The zero-order valence-electron chi connectivity index (χ0n) is 15.4. The summed E-state index contributed by atoms with van der Waals surface area (Å²) in [6.07, 6.45) is 0. The summed E-state index contributed by atoms with van der Waals surface area (Å²) in [5, 5.41) is 13.2. The van der Waals surface area contributed by atoms with Crippen LogP contribution in [-0.4, -0.2) is 9.97 Å². The van der Waals surface area contributed by atoms with E-state index in [1.54, 1.807) is 0 Å². The Balaban J connectivity index is 1.90. The number of nitriles is 1. The van der Waals surface area contributed by atoms with Gasteiger partial charge in [-0.15, -0.1) is 0 Å². The Bertz CT molecular complexity index is 1130. The molecule has 0 fully saturated rings. The molecule has 4 heteroatoms. The Hall–Kier alpha value is -3.97. The fraction of sp³-hybridized carbons (Fsp3) is 0.0417. The molecule has 134 valence electrons. The summed E-state index contributed by atoms with van der Waals surface area (Å²) in [7, 11) is 0. The lowest BCUT2D eigenvalue weighted by Gasteiger charge is -2.13. The molecule has 3 aromatic carbocycles. The number of hydrogen-bond acceptors (Lipinski definition) is 4. The van der Waals surface area contributed by atoms with Crippen LogP contribution in [0, 0.1) is 18.3 Å². The molecule has 0 aliphatic carbocycles. The maximum Gasteiger partial charge on any atom is 0.162 e. The summed E-state index contributed by atoms with van der Waals surface area (Å²) in [5.74, 6) is 1.08. The Labute approximate surface area is 164 Å². The van der Waals surface area contributed by atoms with Gasteiger partial charge in [-0.25, -0.2) is 9.97 Å². The van der Waals surface area contributed by atoms with Crippen LogP contribution in [0.25, 0.3) is 22.6 Å². The highest BCUT2D eigenvalue weighted by Gasteiger charge is 2.17. The van der Waals surface area contributed by atoms with Gasteiger partial charge < -0.3 is 5.32 Å². The van der Waals surface area contributed by atoms with Gasteiger partial charge in [-0.2, -0.15) is 5.26 Å². The molecule has 0 amide bonds. The quantitative estimate of drug-likeness (QED) is 0.503. The van der Waals surface area contributed by atoms with Crippen LogP contribution >= 0.6 is 0 Å². The second-order valence-corrected chi connectivity index (χ2v) is 6.45. The predicted octanol–water partition coefficient (Wildman–Crippen LogP) is 5.73. The Morgan fingerprint density at radius 2 is 1.36 bits per heavy atom. The van der Waals surface area contributed by atoms with Crippen LogP contribution in [0.15, 0.2) is 84.9 Å². The average Bonchev–Trinajstić information content (AvgIpc) is 2.76. The van der Waals surface area contributed by atoms with Crippen molar-refractivity contribution >= 4 is 11.5 Å². The van der Waals surface area contributed by atoms with Gasteiger partial charge in [-0.3, -0.25) is 0 Å². The van der Waals surface area contributed by atoms with Crippen LogP contribution in [0.2, 0.25) is 0 Å². The smallest absolute Gasteiger partial charge is 0.162 e. The van der Waals surface area contributed by atoms with E-state index < -0.39 is 0 Å². The number of aromatic nitrogens is 2. The maximum absolute atomic E-state index is 9.87. The van der Waals surface area contributed by atoms with Crippen molar-refractivity contribution in [1.82, 2.24) is 9.97 Å². The number of benzene rings is 3. The van der Waals surface area contributed by atoms with Crippen molar-refractivity contribution in [1.29, 1.82) is 5.26 Å². The third-order valence-electron chi connectivity index (χ3n) is 4.41. The minimum atomic E-state index is 0.423. The molecule has 4 rings (SSSR count). The normalized spacial score (nSPS) is 10.3. The van der Waals surface area contributed by atoms with E-state index in [-0.39, 0.29) is 0 Å². The fourth-order valence-electron chi connectivity index (χ4n) is 2.95. The standard InChI is InChI=1S/C24H18N4/c1-17-12-14-20(15-13-17)26-24-21(16-25)22(18-8-4-2-5-9-18)27-23(28-24)19-10-6-3-7-11-19/h2-15H,1H3,(H,26,27,28). The van der Waals surface area contributed by atoms with Crippen molar-refractivity contribution in [3.8, 4) is 28.7 Å². The highest BCUT2D eigenvalue weighted by atomic mass is 15.0. The lowest BCUT2D eigenvalue weighted by molar-refractivity contribution is 1.16. The summed E-state index contributed by atoms with van der Waals surface area (Å²) in [6.45, 7) is 2.04. The molecule has 0 bridgehead atoms. The average molecular weight is 362 g/mol. The predicted molar refractivity (Wildman–Crippen MR) is 112 cm³/mol. The topological polar surface area (TPSA) is 61.6 Å². The molecule has 0 aliphatic rings. The van der Waals surface area contributed by atoms with Gasteiger partial charge in [0.15, 0.2) is 11.6 Å². The SMILES string of the molecule is Cc1ccc(Nc2nc(-c3ccccc3)nc(-c3ccccc3)c2C#N)cc1. The van der Waals surface area contributed by atoms with Crippen molar-refractivity contribution in [2.45, 2.75) is 6.92 Å². The summed E-state index contributed by atoms with van der Waals surface area (Å²) in [5.41, 5.74) is 4.86. The molecule has 4 nitrogen and oxygen atoms in total. The van der Waals surface area contributed by atoms with E-state index in [0.717, 1.165) is 16.8 Å². The molecule has 1 aromatic heterocycles. The number of nitrogens with one attached hydrogen (secondary N) is 1. The third-order valence-corrected chi connectivity index (χ3v) is 4.41. The van der Waals surface area contributed by atoms with Gasteiger partial charge in [-0.05, 0) is 19.1 Å². The van der Waals surface area contributed by atoms with Gasteiger partial charge >= 0.3 is 0 Å². The number of rotatable bonds is 4. The van der Waals surface area contributed by atoms with Crippen LogP contribution in [0.5, 0.6) is 0 Å². The van der Waals surface area contributed by atoms with E-state index in [9.17, 15) is 5.26 Å². The number of hydrogen-bond donors (Lipinski definition) is 1. The minimum Gasteiger partial charge on any atom is -0.339 e. The third kappa shape index (κ3) is 3.60. The van der Waals surface area contributed by atoms with Crippen LogP contribution in [0.1, 0.15) is 11.1 Å². The molecule has 1 heterocycles. The molecule has 0 radical (unpaired) electrons. The van der Waals surface area contributed by atoms with Crippen LogP contribution in [0.3, 0.4) is 0 Å². The highest BCUT2D eigenvalue weighted by Crippen LogP contribution is 2.30. The van der Waals surface area contributed by atoms with Crippen molar-refractivity contribution < 1.29 is 0 Å². The summed E-state index contributed by atoms with van der Waals surface area (Å²) in [6, 6.07) is 29.8. The lowest BCUT2D eigenvalue weighted by Crippen LogP contribution is -2.04. The first-order chi connectivity index (χ1) is 13.7. The molecule has 0 saturated carbocycles. The van der Waals surface area contributed by atoms with E-state index in [2.05, 4.69) is 16.4 Å². The molecular formula is C24H18N4. The zero-order valence-corrected chi connectivity index (χ0v) is 15.4. The Morgan fingerprint density at radius 1 is 0.750 bits per heavy atom. The zero-order chi connectivity index (χ0) is 19.3. The summed E-state index contributed by atoms with van der Waals surface area (Å²) in [4.78, 5) is 9.40. The van der Waals surface area contributed by atoms with Gasteiger partial charge in [0.05, 0.1) is 5.69 Å². The van der Waals surface area contributed by atoms with Crippen LogP contribution in [-0.2, 0) is 0 Å². The molecular weight excluding hydrogens is 344 g/mol. The van der Waals surface area contributed by atoms with E-state index in [4.69, 9.17) is 4.98 Å². The number of anilines is 2. The number of nitrogens with zero attached hydrogens (tertiary/aromatic N) is 3. The monoisotopic (exact) mass is 362 g/mol. The van der Waals surface area contributed by atoms with Crippen molar-refractivity contribution in [2.75, 3.05) is 5.32 Å². The maximum atomic E-state index is 9.87. The van der Waals surface area contributed by atoms with E-state index in [0.29, 0.717) is 22.9 Å². The molecule has 0 aliphatic heterocycles. The van der Waals surface area contributed by atoms with Crippen molar-refractivity contribution in [3.05, 3.63) is 96.1 Å². The highest BCUT2D eigenvalue weighted by molar-refractivity contribution is 5.77. The molecule has 1 N–H and O–H groups in total. The first kappa shape index (κ1) is 17.4. The second-order valence-electron chi connectivity index (χ2n) is 6.45. The molecule has 0 spiro atoms. The van der Waals surface area contributed by atoms with E-state index in [1.165, 1.54) is 5.56 Å². The summed E-state index contributed by atoms with van der Waals surface area (Å²) >= 11 is 0. The van der Waals surface area contributed by atoms with Gasteiger partial charge in [0, 0.05) is 16.8 Å². The molecule has 0 unspecified atom stereocenters. The summed E-state index contributed by atoms with van der Waals surface area (Å²) < 4.78 is 0. The molecule has 0 saturated heterocycles. The van der Waals surface area contributed by atoms with Gasteiger partial charge in [-0.1, -0.05) is 78.4 Å². The lowest BCUT2D eigenvalue weighted by atomic mass is 10.1. The largest absolute Gasteiger partial charge is 0.339 e. The van der Waals surface area contributed by atoms with E-state index in [1.807, 2.05) is 91.9 Å². The molecule has 0 atom stereocenters.